The maximum absolute atomic E-state index is 8.71. The van der Waals surface area contributed by atoms with E-state index in [1.165, 1.54) is 5.69 Å². The van der Waals surface area contributed by atoms with E-state index in [0.717, 1.165) is 48.5 Å². The lowest BCUT2D eigenvalue weighted by molar-refractivity contribution is 0.0697. The first-order valence-corrected chi connectivity index (χ1v) is 10.2. The number of hydrogen-bond donors (Lipinski definition) is 3. The van der Waals surface area contributed by atoms with Gasteiger partial charge in [-0.15, -0.1) is 0 Å². The van der Waals surface area contributed by atoms with E-state index in [1.54, 1.807) is 0 Å². The number of aliphatic hydroxyl groups excluding tert-OH is 1. The van der Waals surface area contributed by atoms with Crippen LogP contribution in [0.5, 0.6) is 5.88 Å². The van der Waals surface area contributed by atoms with E-state index in [9.17, 15) is 0 Å². The summed E-state index contributed by atoms with van der Waals surface area (Å²) in [5.74, 6) is 0.613. The van der Waals surface area contributed by atoms with Crippen molar-refractivity contribution in [2.75, 3.05) is 57.5 Å². The van der Waals surface area contributed by atoms with Gasteiger partial charge in [0.15, 0.2) is 5.88 Å². The summed E-state index contributed by atoms with van der Waals surface area (Å²) >= 11 is 6.51. The fourth-order valence-electron chi connectivity index (χ4n) is 3.42. The predicted octanol–water partition coefficient (Wildman–Crippen LogP) is 2.68. The Balaban J connectivity index is 1.49. The van der Waals surface area contributed by atoms with Gasteiger partial charge in [0.1, 0.15) is 6.61 Å². The van der Waals surface area contributed by atoms with Crippen LogP contribution < -0.4 is 15.0 Å². The van der Waals surface area contributed by atoms with Crippen LogP contribution in [-0.4, -0.2) is 67.7 Å². The van der Waals surface area contributed by atoms with Gasteiger partial charge in [-0.05, 0) is 18.2 Å². The SMILES string of the molecule is OCCOCCOc1cc2nc(-c3ccc(N4CCNCC4)cc3)c(Cl)cc2[nH]1. The predicted molar refractivity (Wildman–Crippen MR) is 115 cm³/mol. The van der Waals surface area contributed by atoms with Crippen molar-refractivity contribution in [3.63, 3.8) is 0 Å². The Bertz CT molecular complexity index is 939. The molecule has 0 bridgehead atoms. The van der Waals surface area contributed by atoms with Gasteiger partial charge in [-0.2, -0.15) is 0 Å². The molecule has 1 aliphatic heterocycles. The molecule has 1 saturated heterocycles. The number of piperazine rings is 1. The number of aromatic amines is 1. The Morgan fingerprint density at radius 2 is 1.86 bits per heavy atom. The van der Waals surface area contributed by atoms with Gasteiger partial charge in [-0.3, -0.25) is 0 Å². The first-order valence-electron chi connectivity index (χ1n) is 9.81. The van der Waals surface area contributed by atoms with Crippen LogP contribution >= 0.6 is 11.6 Å². The van der Waals surface area contributed by atoms with Crippen molar-refractivity contribution >= 4 is 28.3 Å². The Hall–Kier alpha value is -2.32. The number of nitrogens with one attached hydrogen (secondary N) is 2. The number of pyridine rings is 1. The molecule has 29 heavy (non-hydrogen) atoms. The van der Waals surface area contributed by atoms with Crippen LogP contribution in [0.4, 0.5) is 5.69 Å². The molecule has 7 nitrogen and oxygen atoms in total. The van der Waals surface area contributed by atoms with Crippen molar-refractivity contribution in [3.05, 3.63) is 41.4 Å². The minimum Gasteiger partial charge on any atom is -0.476 e. The second-order valence-corrected chi connectivity index (χ2v) is 7.26. The van der Waals surface area contributed by atoms with Gasteiger partial charge in [0.25, 0.3) is 0 Å². The number of aliphatic hydroxyl groups is 1. The maximum atomic E-state index is 8.71. The molecule has 0 radical (unpaired) electrons. The Morgan fingerprint density at radius 3 is 2.62 bits per heavy atom. The van der Waals surface area contributed by atoms with Gasteiger partial charge in [0.2, 0.25) is 0 Å². The van der Waals surface area contributed by atoms with Crippen molar-refractivity contribution in [2.24, 2.45) is 0 Å². The lowest BCUT2D eigenvalue weighted by atomic mass is 10.1. The Labute approximate surface area is 174 Å². The van der Waals surface area contributed by atoms with Crippen LogP contribution in [0.15, 0.2) is 36.4 Å². The van der Waals surface area contributed by atoms with E-state index in [0.29, 0.717) is 30.7 Å². The monoisotopic (exact) mass is 416 g/mol. The summed E-state index contributed by atoms with van der Waals surface area (Å²) in [6.45, 7) is 5.17. The van der Waals surface area contributed by atoms with Gasteiger partial charge >= 0.3 is 0 Å². The molecular weight excluding hydrogens is 392 g/mol. The average Bonchev–Trinajstić information content (AvgIpc) is 3.15. The molecule has 1 aliphatic rings. The zero-order valence-electron chi connectivity index (χ0n) is 16.2. The number of hydrogen-bond acceptors (Lipinski definition) is 6. The zero-order chi connectivity index (χ0) is 20.1. The number of H-pyrrole nitrogens is 1. The summed E-state index contributed by atoms with van der Waals surface area (Å²) in [7, 11) is 0. The fourth-order valence-corrected chi connectivity index (χ4v) is 3.68. The minimum atomic E-state index is 0.00774. The molecule has 4 rings (SSSR count). The second kappa shape index (κ2) is 9.45. The van der Waals surface area contributed by atoms with Crippen LogP contribution in [0.25, 0.3) is 22.3 Å². The molecule has 154 valence electrons. The quantitative estimate of drug-likeness (QED) is 0.490. The standard InChI is InChI=1S/C21H25ClN4O3/c22-17-13-18-19(14-20(24-18)29-12-11-28-10-9-27)25-21(17)15-1-3-16(4-2-15)26-7-5-23-6-8-26/h1-4,13-14,23-24,27H,5-12H2. The molecule has 0 unspecified atom stereocenters. The Kier molecular flexibility index (Phi) is 6.51. The lowest BCUT2D eigenvalue weighted by Gasteiger charge is -2.29. The number of anilines is 1. The highest BCUT2D eigenvalue weighted by atomic mass is 35.5. The van der Waals surface area contributed by atoms with E-state index >= 15 is 0 Å². The smallest absolute Gasteiger partial charge is 0.193 e. The van der Waals surface area contributed by atoms with E-state index in [1.807, 2.05) is 12.1 Å². The molecule has 0 amide bonds. The fraction of sp³-hybridized carbons (Fsp3) is 0.381. The van der Waals surface area contributed by atoms with Crippen molar-refractivity contribution in [2.45, 2.75) is 0 Å². The average molecular weight is 417 g/mol. The highest BCUT2D eigenvalue weighted by molar-refractivity contribution is 6.33. The van der Waals surface area contributed by atoms with E-state index < -0.39 is 0 Å². The molecule has 3 N–H and O–H groups in total. The van der Waals surface area contributed by atoms with Crippen LogP contribution in [0.3, 0.4) is 0 Å². The number of aromatic nitrogens is 2. The summed E-state index contributed by atoms with van der Waals surface area (Å²) in [4.78, 5) is 10.3. The summed E-state index contributed by atoms with van der Waals surface area (Å²) in [5.41, 5.74) is 4.57. The molecule has 2 aromatic heterocycles. The molecule has 3 heterocycles. The van der Waals surface area contributed by atoms with Gasteiger partial charge in [0, 0.05) is 43.5 Å². The van der Waals surface area contributed by atoms with Crippen LogP contribution in [-0.2, 0) is 4.74 Å². The molecule has 0 atom stereocenters. The van der Waals surface area contributed by atoms with Crippen LogP contribution in [0, 0.1) is 0 Å². The number of ether oxygens (including phenoxy) is 2. The van der Waals surface area contributed by atoms with Gasteiger partial charge in [-0.25, -0.2) is 4.98 Å². The molecular formula is C21H25ClN4O3. The molecule has 0 saturated carbocycles. The second-order valence-electron chi connectivity index (χ2n) is 6.85. The topological polar surface area (TPSA) is 82.6 Å². The van der Waals surface area contributed by atoms with Crippen LogP contribution in [0.1, 0.15) is 0 Å². The Morgan fingerprint density at radius 1 is 1.07 bits per heavy atom. The highest BCUT2D eigenvalue weighted by Gasteiger charge is 2.13. The number of halogens is 1. The summed E-state index contributed by atoms with van der Waals surface area (Å²) in [5, 5.41) is 12.7. The number of nitrogens with zero attached hydrogens (tertiary/aromatic N) is 2. The molecule has 1 aromatic carbocycles. The summed E-state index contributed by atoms with van der Waals surface area (Å²) in [6, 6.07) is 12.1. The normalized spacial score (nSPS) is 14.5. The maximum Gasteiger partial charge on any atom is 0.193 e. The van der Waals surface area contributed by atoms with E-state index in [4.69, 9.17) is 31.2 Å². The number of fused-ring (bicyclic) bond motifs is 1. The van der Waals surface area contributed by atoms with E-state index in [-0.39, 0.29) is 6.61 Å². The first kappa shape index (κ1) is 20.0. The third-order valence-corrected chi connectivity index (χ3v) is 5.16. The largest absolute Gasteiger partial charge is 0.476 e. The third kappa shape index (κ3) is 4.82. The molecule has 0 aliphatic carbocycles. The summed E-state index contributed by atoms with van der Waals surface area (Å²) in [6.07, 6.45) is 0. The van der Waals surface area contributed by atoms with Crippen molar-refractivity contribution in [1.82, 2.24) is 15.3 Å². The minimum absolute atomic E-state index is 0.00774. The molecule has 0 spiro atoms. The highest BCUT2D eigenvalue weighted by Crippen LogP contribution is 2.32. The molecule has 1 fully saturated rings. The first-order chi connectivity index (χ1) is 14.2. The van der Waals surface area contributed by atoms with E-state index in [2.05, 4.69) is 39.5 Å². The number of rotatable bonds is 8. The van der Waals surface area contributed by atoms with Crippen molar-refractivity contribution < 1.29 is 14.6 Å². The molecule has 8 heteroatoms. The lowest BCUT2D eigenvalue weighted by Crippen LogP contribution is -2.43. The zero-order valence-corrected chi connectivity index (χ0v) is 16.9. The summed E-state index contributed by atoms with van der Waals surface area (Å²) < 4.78 is 10.8. The van der Waals surface area contributed by atoms with Crippen LogP contribution in [0.2, 0.25) is 5.02 Å². The van der Waals surface area contributed by atoms with Crippen molar-refractivity contribution in [3.8, 4) is 17.1 Å². The van der Waals surface area contributed by atoms with Gasteiger partial charge < -0.3 is 29.8 Å². The van der Waals surface area contributed by atoms with Crippen molar-refractivity contribution in [1.29, 1.82) is 0 Å². The number of benzene rings is 1. The van der Waals surface area contributed by atoms with Gasteiger partial charge in [0.05, 0.1) is 41.6 Å². The van der Waals surface area contributed by atoms with Gasteiger partial charge in [-0.1, -0.05) is 23.7 Å². The molecule has 3 aromatic rings. The third-order valence-electron chi connectivity index (χ3n) is 4.87.